The average Bonchev–Trinajstić information content (AvgIpc) is 1.59. The molecule has 2 heteroatoms. The maximum atomic E-state index is 9.36. The second kappa shape index (κ2) is 3.18. The van der Waals surface area contributed by atoms with Crippen LogP contribution in [-0.4, -0.2) is 13.1 Å². The first-order valence-electron chi connectivity index (χ1n) is 3.28. The smallest absolute Gasteiger partial charge is 0.182 e. The third-order valence-electron chi connectivity index (χ3n) is 1.16. The zero-order valence-corrected chi connectivity index (χ0v) is 7.57. The molecule has 0 unspecified atom stereocenters. The molecule has 0 aromatic rings. The molecular weight excluding hydrogens is 128 g/mol. The van der Waals surface area contributed by atoms with Crippen molar-refractivity contribution in [2.45, 2.75) is 32.5 Å². The molecule has 0 atom stereocenters. The van der Waals surface area contributed by atoms with Gasteiger partial charge in [0.1, 0.15) is 0 Å². The normalized spacial score (nSPS) is 11.6. The van der Waals surface area contributed by atoms with Crippen LogP contribution in [0.5, 0.6) is 0 Å². The molecule has 54 valence electrons. The molecule has 0 saturated heterocycles. The van der Waals surface area contributed by atoms with Crippen LogP contribution in [0.2, 0.25) is 19.1 Å². The largest absolute Gasteiger partial charge is 0.432 e. The van der Waals surface area contributed by atoms with E-state index in [9.17, 15) is 4.80 Å². The monoisotopic (exact) mass is 144 g/mol. The first kappa shape index (κ1) is 8.92. The predicted molar refractivity (Wildman–Crippen MR) is 43.9 cm³/mol. The summed E-state index contributed by atoms with van der Waals surface area (Å²) in [6.45, 7) is 9.68. The molecule has 0 saturated carbocycles. The van der Waals surface area contributed by atoms with Gasteiger partial charge in [0.05, 0.1) is 0 Å². The Morgan fingerprint density at radius 3 is 2.11 bits per heavy atom. The second-order valence-corrected chi connectivity index (χ2v) is 7.39. The molecule has 9 heavy (non-hydrogen) atoms. The SMILES string of the molecule is C=C(C)CC[Si](C)(C)O. The van der Waals surface area contributed by atoms with Crippen molar-refractivity contribution < 1.29 is 4.80 Å². The Kier molecular flexibility index (Phi) is 3.15. The minimum absolute atomic E-state index is 0.947. The van der Waals surface area contributed by atoms with Gasteiger partial charge in [-0.2, -0.15) is 0 Å². The summed E-state index contributed by atoms with van der Waals surface area (Å²) in [5, 5.41) is 0. The Balaban J connectivity index is 3.39. The fraction of sp³-hybridized carbons (Fsp3) is 0.714. The van der Waals surface area contributed by atoms with E-state index in [1.54, 1.807) is 0 Å². The lowest BCUT2D eigenvalue weighted by atomic mass is 10.3. The van der Waals surface area contributed by atoms with Gasteiger partial charge in [0.2, 0.25) is 0 Å². The highest BCUT2D eigenvalue weighted by Gasteiger charge is 2.15. The summed E-state index contributed by atoms with van der Waals surface area (Å²) >= 11 is 0. The lowest BCUT2D eigenvalue weighted by Gasteiger charge is -2.12. The van der Waals surface area contributed by atoms with E-state index in [0.717, 1.165) is 12.5 Å². The van der Waals surface area contributed by atoms with Crippen molar-refractivity contribution in [2.75, 3.05) is 0 Å². The Hall–Kier alpha value is -0.0831. The molecule has 0 amide bonds. The van der Waals surface area contributed by atoms with Gasteiger partial charge in [-0.25, -0.2) is 0 Å². The van der Waals surface area contributed by atoms with Gasteiger partial charge in [0.15, 0.2) is 8.32 Å². The van der Waals surface area contributed by atoms with Crippen LogP contribution in [0.1, 0.15) is 13.3 Å². The molecule has 0 spiro atoms. The third-order valence-corrected chi connectivity index (χ3v) is 2.64. The van der Waals surface area contributed by atoms with Crippen LogP contribution in [-0.2, 0) is 0 Å². The van der Waals surface area contributed by atoms with Crippen molar-refractivity contribution >= 4 is 8.32 Å². The lowest BCUT2D eigenvalue weighted by Crippen LogP contribution is -2.24. The summed E-state index contributed by atoms with van der Waals surface area (Å²) in [4.78, 5) is 9.36. The summed E-state index contributed by atoms with van der Waals surface area (Å²) in [6.07, 6.45) is 0.982. The number of rotatable bonds is 3. The van der Waals surface area contributed by atoms with Crippen molar-refractivity contribution in [3.63, 3.8) is 0 Å². The molecule has 0 aliphatic carbocycles. The Bertz CT molecular complexity index is 102. The minimum Gasteiger partial charge on any atom is -0.432 e. The number of hydrogen-bond donors (Lipinski definition) is 1. The van der Waals surface area contributed by atoms with Gasteiger partial charge in [-0.1, -0.05) is 5.57 Å². The van der Waals surface area contributed by atoms with Crippen LogP contribution >= 0.6 is 0 Å². The van der Waals surface area contributed by atoms with Crippen molar-refractivity contribution in [3.05, 3.63) is 12.2 Å². The molecule has 0 bridgehead atoms. The highest BCUT2D eigenvalue weighted by Crippen LogP contribution is 2.11. The van der Waals surface area contributed by atoms with Gasteiger partial charge in [-0.05, 0) is 32.5 Å². The molecule has 0 aliphatic rings. The summed E-state index contributed by atoms with van der Waals surface area (Å²) in [7, 11) is -1.78. The number of allylic oxidation sites excluding steroid dienone is 1. The molecule has 0 rings (SSSR count). The Morgan fingerprint density at radius 1 is 1.56 bits per heavy atom. The van der Waals surface area contributed by atoms with Gasteiger partial charge in [0, 0.05) is 0 Å². The van der Waals surface area contributed by atoms with E-state index in [0.29, 0.717) is 0 Å². The third kappa shape index (κ3) is 7.92. The van der Waals surface area contributed by atoms with Gasteiger partial charge in [0.25, 0.3) is 0 Å². The van der Waals surface area contributed by atoms with Crippen molar-refractivity contribution in [2.24, 2.45) is 0 Å². The number of hydrogen-bond acceptors (Lipinski definition) is 1. The maximum absolute atomic E-state index is 9.36. The van der Waals surface area contributed by atoms with E-state index in [1.165, 1.54) is 5.57 Å². The quantitative estimate of drug-likeness (QED) is 0.475. The zero-order valence-electron chi connectivity index (χ0n) is 6.57. The van der Waals surface area contributed by atoms with Gasteiger partial charge in [-0.3, -0.25) is 0 Å². The molecule has 0 aromatic heterocycles. The second-order valence-electron chi connectivity index (χ2n) is 3.27. The van der Waals surface area contributed by atoms with E-state index in [1.807, 2.05) is 20.0 Å². The minimum atomic E-state index is -1.78. The van der Waals surface area contributed by atoms with Crippen LogP contribution in [0.4, 0.5) is 0 Å². The maximum Gasteiger partial charge on any atom is 0.182 e. The van der Waals surface area contributed by atoms with E-state index < -0.39 is 8.32 Å². The van der Waals surface area contributed by atoms with Crippen molar-refractivity contribution in [3.8, 4) is 0 Å². The van der Waals surface area contributed by atoms with Gasteiger partial charge in [-0.15, -0.1) is 6.58 Å². The molecule has 0 radical (unpaired) electrons. The molecule has 0 aliphatic heterocycles. The molecule has 0 fully saturated rings. The molecule has 1 nitrogen and oxygen atoms in total. The Labute approximate surface area is 58.5 Å². The van der Waals surface area contributed by atoms with Gasteiger partial charge >= 0.3 is 0 Å². The fourth-order valence-electron chi connectivity index (χ4n) is 0.519. The van der Waals surface area contributed by atoms with Crippen LogP contribution in [0.25, 0.3) is 0 Å². The van der Waals surface area contributed by atoms with Gasteiger partial charge < -0.3 is 4.80 Å². The van der Waals surface area contributed by atoms with E-state index >= 15 is 0 Å². The zero-order chi connectivity index (χ0) is 7.49. The fourth-order valence-corrected chi connectivity index (χ4v) is 1.56. The van der Waals surface area contributed by atoms with Crippen LogP contribution in [0.15, 0.2) is 12.2 Å². The average molecular weight is 144 g/mol. The first-order chi connectivity index (χ1) is 3.92. The summed E-state index contributed by atoms with van der Waals surface area (Å²) < 4.78 is 0. The van der Waals surface area contributed by atoms with Crippen LogP contribution in [0, 0.1) is 0 Å². The Morgan fingerprint density at radius 2 is 2.00 bits per heavy atom. The van der Waals surface area contributed by atoms with E-state index in [2.05, 4.69) is 6.58 Å². The summed E-state index contributed by atoms with van der Waals surface area (Å²) in [6, 6.07) is 0.947. The van der Waals surface area contributed by atoms with Crippen LogP contribution in [0.3, 0.4) is 0 Å². The van der Waals surface area contributed by atoms with E-state index in [-0.39, 0.29) is 0 Å². The summed E-state index contributed by atoms with van der Waals surface area (Å²) in [5.41, 5.74) is 1.17. The highest BCUT2D eigenvalue weighted by molar-refractivity contribution is 6.69. The van der Waals surface area contributed by atoms with Crippen LogP contribution < -0.4 is 0 Å². The highest BCUT2D eigenvalue weighted by atomic mass is 28.4. The first-order valence-corrected chi connectivity index (χ1v) is 6.44. The molecule has 0 aromatic carbocycles. The van der Waals surface area contributed by atoms with Crippen molar-refractivity contribution in [1.82, 2.24) is 0 Å². The molecular formula is C7H16OSi. The summed E-state index contributed by atoms with van der Waals surface area (Å²) in [5.74, 6) is 0. The standard InChI is InChI=1S/C7H16OSi/c1-7(2)5-6-9(3,4)8/h8H,1,5-6H2,2-4H3. The van der Waals surface area contributed by atoms with Crippen molar-refractivity contribution in [1.29, 1.82) is 0 Å². The topological polar surface area (TPSA) is 20.2 Å². The molecule has 0 heterocycles. The van der Waals surface area contributed by atoms with E-state index in [4.69, 9.17) is 0 Å². The molecule has 1 N–H and O–H groups in total. The lowest BCUT2D eigenvalue weighted by molar-refractivity contribution is 0.547. The predicted octanol–water partition coefficient (Wildman–Crippen LogP) is 2.15.